The van der Waals surface area contributed by atoms with Crippen LogP contribution in [0.25, 0.3) is 11.4 Å². The van der Waals surface area contributed by atoms with E-state index in [1.165, 1.54) is 0 Å². The molecule has 0 bridgehead atoms. The van der Waals surface area contributed by atoms with E-state index in [1.54, 1.807) is 26.3 Å². The molecule has 0 spiro atoms. The molecule has 7 nitrogen and oxygen atoms in total. The highest BCUT2D eigenvalue weighted by atomic mass is 35.5. The van der Waals surface area contributed by atoms with Crippen LogP contribution in [0.2, 0.25) is 5.02 Å². The summed E-state index contributed by atoms with van der Waals surface area (Å²) in [5.74, 6) is 1.77. The quantitative estimate of drug-likeness (QED) is 0.579. The minimum absolute atomic E-state index is 0.268. The van der Waals surface area contributed by atoms with Crippen LogP contribution in [0.15, 0.2) is 33.8 Å². The molecule has 0 fully saturated rings. The molecule has 0 aliphatic carbocycles. The second-order valence-electron chi connectivity index (χ2n) is 6.09. The Hall–Kier alpha value is -2.12. The largest absolute Gasteiger partial charge is 0.377 e. The Balaban J connectivity index is 1.83. The molecule has 0 atom stereocenters. The van der Waals surface area contributed by atoms with Gasteiger partial charge >= 0.3 is 0 Å². The number of nitrogens with zero attached hydrogens (tertiary/aromatic N) is 3. The second kappa shape index (κ2) is 8.82. The van der Waals surface area contributed by atoms with Crippen molar-refractivity contribution in [3.8, 4) is 11.4 Å². The maximum Gasteiger partial charge on any atom is 0.228 e. The molecule has 25 heavy (non-hydrogen) atoms. The van der Waals surface area contributed by atoms with Crippen LogP contribution < -0.4 is 10.6 Å². The van der Waals surface area contributed by atoms with Crippen molar-refractivity contribution in [2.75, 3.05) is 27.2 Å². The number of rotatable bonds is 7. The van der Waals surface area contributed by atoms with Crippen LogP contribution >= 0.6 is 11.6 Å². The lowest BCUT2D eigenvalue weighted by Gasteiger charge is -2.24. The third kappa shape index (κ3) is 6.03. The number of ether oxygens (including phenoxy) is 1. The van der Waals surface area contributed by atoms with Gasteiger partial charge in [0.1, 0.15) is 0 Å². The first-order valence-electron chi connectivity index (χ1n) is 8.02. The molecule has 1 aromatic carbocycles. The molecular weight excluding hydrogens is 342 g/mol. The van der Waals surface area contributed by atoms with Gasteiger partial charge in [-0.05, 0) is 26.0 Å². The summed E-state index contributed by atoms with van der Waals surface area (Å²) in [6.45, 7) is 5.26. The summed E-state index contributed by atoms with van der Waals surface area (Å²) >= 11 is 5.98. The Morgan fingerprint density at radius 1 is 1.36 bits per heavy atom. The fraction of sp³-hybridized carbons (Fsp3) is 0.471. The Bertz CT molecular complexity index is 715. The van der Waals surface area contributed by atoms with Crippen LogP contribution in [0, 0.1) is 0 Å². The summed E-state index contributed by atoms with van der Waals surface area (Å²) < 4.78 is 10.7. The Morgan fingerprint density at radius 3 is 2.84 bits per heavy atom. The van der Waals surface area contributed by atoms with Crippen LogP contribution in [0.4, 0.5) is 0 Å². The molecule has 0 saturated heterocycles. The minimum atomic E-state index is -0.268. The van der Waals surface area contributed by atoms with E-state index in [0.29, 0.717) is 42.2 Å². The summed E-state index contributed by atoms with van der Waals surface area (Å²) in [5, 5.41) is 11.1. The number of benzene rings is 1. The van der Waals surface area contributed by atoms with E-state index in [4.69, 9.17) is 20.9 Å². The number of halogens is 1. The van der Waals surface area contributed by atoms with Crippen molar-refractivity contribution in [2.45, 2.75) is 25.9 Å². The molecule has 0 saturated carbocycles. The molecule has 0 amide bonds. The van der Waals surface area contributed by atoms with Crippen LogP contribution in [0.3, 0.4) is 0 Å². The first kappa shape index (κ1) is 19.2. The molecule has 0 unspecified atom stereocenters. The highest BCUT2D eigenvalue weighted by Crippen LogP contribution is 2.19. The van der Waals surface area contributed by atoms with E-state index in [9.17, 15) is 0 Å². The molecule has 0 aliphatic heterocycles. The Morgan fingerprint density at radius 2 is 2.16 bits per heavy atom. The average molecular weight is 366 g/mol. The summed E-state index contributed by atoms with van der Waals surface area (Å²) in [5.41, 5.74) is 0.561. The van der Waals surface area contributed by atoms with Crippen LogP contribution in [-0.4, -0.2) is 48.9 Å². The monoisotopic (exact) mass is 365 g/mol. The van der Waals surface area contributed by atoms with Crippen molar-refractivity contribution < 1.29 is 9.26 Å². The molecule has 0 aliphatic rings. The average Bonchev–Trinajstić information content (AvgIpc) is 3.07. The Kier molecular flexibility index (Phi) is 6.78. The molecule has 8 heteroatoms. The molecule has 2 rings (SSSR count). The van der Waals surface area contributed by atoms with Crippen molar-refractivity contribution in [3.63, 3.8) is 0 Å². The van der Waals surface area contributed by atoms with Crippen LogP contribution in [-0.2, 0) is 11.2 Å². The number of aliphatic imine (C=N–C) groups is 1. The van der Waals surface area contributed by atoms with Crippen molar-refractivity contribution >= 4 is 17.6 Å². The van der Waals surface area contributed by atoms with Gasteiger partial charge in [0.2, 0.25) is 11.7 Å². The number of guanidine groups is 1. The fourth-order valence-electron chi connectivity index (χ4n) is 1.98. The van der Waals surface area contributed by atoms with E-state index < -0.39 is 0 Å². The minimum Gasteiger partial charge on any atom is -0.377 e. The van der Waals surface area contributed by atoms with Crippen molar-refractivity contribution in [2.24, 2.45) is 4.99 Å². The lowest BCUT2D eigenvalue weighted by atomic mass is 10.1. The summed E-state index contributed by atoms with van der Waals surface area (Å²) in [4.78, 5) is 8.56. The van der Waals surface area contributed by atoms with Gasteiger partial charge in [-0.25, -0.2) is 0 Å². The SMILES string of the molecule is CN=C(NCCc1nc(-c2cccc(Cl)c2)no1)NCC(C)(C)OC. The van der Waals surface area contributed by atoms with Gasteiger partial charge in [0.25, 0.3) is 0 Å². The van der Waals surface area contributed by atoms with Gasteiger partial charge in [-0.1, -0.05) is 28.9 Å². The molecular formula is C17H24ClN5O2. The number of nitrogens with one attached hydrogen (secondary N) is 2. The van der Waals surface area contributed by atoms with Crippen molar-refractivity contribution in [1.29, 1.82) is 0 Å². The summed E-state index contributed by atoms with van der Waals surface area (Å²) in [6, 6.07) is 7.35. The first-order chi connectivity index (χ1) is 11.9. The zero-order valence-corrected chi connectivity index (χ0v) is 15.7. The molecule has 2 N–H and O–H groups in total. The van der Waals surface area contributed by atoms with E-state index in [1.807, 2.05) is 26.0 Å². The lowest BCUT2D eigenvalue weighted by molar-refractivity contribution is 0.0268. The van der Waals surface area contributed by atoms with E-state index >= 15 is 0 Å². The first-order valence-corrected chi connectivity index (χ1v) is 8.39. The molecule has 2 aromatic rings. The third-order valence-corrected chi connectivity index (χ3v) is 3.88. The zero-order chi connectivity index (χ0) is 18.3. The van der Waals surface area contributed by atoms with Gasteiger partial charge in [-0.2, -0.15) is 4.98 Å². The second-order valence-corrected chi connectivity index (χ2v) is 6.52. The fourth-order valence-corrected chi connectivity index (χ4v) is 2.17. The Labute approximate surface area is 152 Å². The van der Waals surface area contributed by atoms with Gasteiger partial charge in [-0.3, -0.25) is 4.99 Å². The topological polar surface area (TPSA) is 84.6 Å². The maximum absolute atomic E-state index is 5.98. The summed E-state index contributed by atoms with van der Waals surface area (Å²) in [6.07, 6.45) is 0.585. The van der Waals surface area contributed by atoms with Crippen molar-refractivity contribution in [3.05, 3.63) is 35.2 Å². The standard InChI is InChI=1S/C17H24ClN5O2/c1-17(2,24-4)11-21-16(19-3)20-9-8-14-22-15(23-25-14)12-6-5-7-13(18)10-12/h5-7,10H,8-9,11H2,1-4H3,(H2,19,20,21). The van der Waals surface area contributed by atoms with Gasteiger partial charge in [0, 0.05) is 44.3 Å². The number of methoxy groups -OCH3 is 1. The number of hydrogen-bond acceptors (Lipinski definition) is 5. The number of aromatic nitrogens is 2. The van der Waals surface area contributed by atoms with Gasteiger partial charge in [0.15, 0.2) is 5.96 Å². The highest BCUT2D eigenvalue weighted by Gasteiger charge is 2.16. The zero-order valence-electron chi connectivity index (χ0n) is 15.0. The highest BCUT2D eigenvalue weighted by molar-refractivity contribution is 6.30. The smallest absolute Gasteiger partial charge is 0.228 e. The summed E-state index contributed by atoms with van der Waals surface area (Å²) in [7, 11) is 3.41. The van der Waals surface area contributed by atoms with E-state index in [0.717, 1.165) is 5.56 Å². The molecule has 1 heterocycles. The molecule has 136 valence electrons. The van der Waals surface area contributed by atoms with Gasteiger partial charge < -0.3 is 19.9 Å². The maximum atomic E-state index is 5.98. The van der Waals surface area contributed by atoms with E-state index in [2.05, 4.69) is 25.8 Å². The lowest BCUT2D eigenvalue weighted by Crippen LogP contribution is -2.45. The van der Waals surface area contributed by atoms with Gasteiger partial charge in [0.05, 0.1) is 5.60 Å². The van der Waals surface area contributed by atoms with E-state index in [-0.39, 0.29) is 5.60 Å². The van der Waals surface area contributed by atoms with Crippen molar-refractivity contribution in [1.82, 2.24) is 20.8 Å². The van der Waals surface area contributed by atoms with Gasteiger partial charge in [-0.15, -0.1) is 0 Å². The normalized spacial score (nSPS) is 12.3. The molecule has 1 aromatic heterocycles. The predicted octanol–water partition coefficient (Wildman–Crippen LogP) is 2.52. The van der Waals surface area contributed by atoms with Crippen LogP contribution in [0.1, 0.15) is 19.7 Å². The van der Waals surface area contributed by atoms with Crippen LogP contribution in [0.5, 0.6) is 0 Å². The predicted molar refractivity (Wildman–Crippen MR) is 98.9 cm³/mol. The third-order valence-electron chi connectivity index (χ3n) is 3.64. The molecule has 0 radical (unpaired) electrons. The number of hydrogen-bond donors (Lipinski definition) is 2.